The molecular formula is C18H16N2O4. The molecule has 0 bridgehead atoms. The Morgan fingerprint density at radius 2 is 1.92 bits per heavy atom. The van der Waals surface area contributed by atoms with Crippen LogP contribution in [0.25, 0.3) is 11.0 Å². The van der Waals surface area contributed by atoms with E-state index >= 15 is 0 Å². The minimum Gasteiger partial charge on any atom is -0.451 e. The normalized spacial score (nSPS) is 12.1. The van der Waals surface area contributed by atoms with Crippen molar-refractivity contribution in [3.05, 3.63) is 76.0 Å². The first kappa shape index (κ1) is 15.7. The Hall–Kier alpha value is -3.15. The molecule has 1 atom stereocenters. The zero-order chi connectivity index (χ0) is 17.3. The van der Waals surface area contributed by atoms with E-state index in [4.69, 9.17) is 4.42 Å². The van der Waals surface area contributed by atoms with Gasteiger partial charge in [-0.1, -0.05) is 30.3 Å². The number of nitro groups is 1. The average Bonchev–Trinajstić information content (AvgIpc) is 3.04. The van der Waals surface area contributed by atoms with Crippen molar-refractivity contribution in [3.8, 4) is 0 Å². The number of carbonyl (C=O) groups is 1. The van der Waals surface area contributed by atoms with E-state index in [2.05, 4.69) is 0 Å². The number of rotatable bonds is 4. The van der Waals surface area contributed by atoms with Crippen LogP contribution in [0.5, 0.6) is 0 Å². The van der Waals surface area contributed by atoms with Crippen LogP contribution in [0, 0.1) is 10.1 Å². The van der Waals surface area contributed by atoms with Crippen LogP contribution in [0.2, 0.25) is 0 Å². The second-order valence-corrected chi connectivity index (χ2v) is 5.59. The Morgan fingerprint density at radius 3 is 2.62 bits per heavy atom. The molecular weight excluding hydrogens is 308 g/mol. The van der Waals surface area contributed by atoms with E-state index in [0.717, 1.165) is 5.39 Å². The molecule has 0 aliphatic heterocycles. The van der Waals surface area contributed by atoms with E-state index in [1.165, 1.54) is 17.0 Å². The Bertz CT molecular complexity index is 883. The SMILES string of the molecule is C[C@H](c1cccc([N+](=O)[O-])c1)N(C)C(=O)c1cc2ccccc2o1. The monoisotopic (exact) mass is 324 g/mol. The molecule has 0 unspecified atom stereocenters. The third kappa shape index (κ3) is 2.86. The van der Waals surface area contributed by atoms with Crippen LogP contribution in [0.15, 0.2) is 59.0 Å². The highest BCUT2D eigenvalue weighted by Crippen LogP contribution is 2.26. The smallest absolute Gasteiger partial charge is 0.289 e. The average molecular weight is 324 g/mol. The fourth-order valence-corrected chi connectivity index (χ4v) is 2.56. The fourth-order valence-electron chi connectivity index (χ4n) is 2.56. The van der Waals surface area contributed by atoms with Crippen molar-refractivity contribution in [2.24, 2.45) is 0 Å². The molecule has 1 amide bonds. The van der Waals surface area contributed by atoms with Crippen molar-refractivity contribution >= 4 is 22.6 Å². The predicted octanol–water partition coefficient (Wildman–Crippen LogP) is 4.17. The van der Waals surface area contributed by atoms with Crippen LogP contribution in [-0.2, 0) is 0 Å². The van der Waals surface area contributed by atoms with E-state index in [1.807, 2.05) is 25.1 Å². The Balaban J connectivity index is 1.87. The van der Waals surface area contributed by atoms with Crippen molar-refractivity contribution in [3.63, 3.8) is 0 Å². The molecule has 2 aromatic carbocycles. The maximum Gasteiger partial charge on any atom is 0.289 e. The number of benzene rings is 2. The number of fused-ring (bicyclic) bond motifs is 1. The number of nitrogens with zero attached hydrogens (tertiary/aromatic N) is 2. The van der Waals surface area contributed by atoms with Gasteiger partial charge in [-0.2, -0.15) is 0 Å². The number of hydrogen-bond acceptors (Lipinski definition) is 4. The summed E-state index contributed by atoms with van der Waals surface area (Å²) in [4.78, 5) is 24.6. The molecule has 6 heteroatoms. The minimum atomic E-state index is -0.447. The molecule has 3 aromatic rings. The zero-order valence-electron chi connectivity index (χ0n) is 13.3. The first-order chi connectivity index (χ1) is 11.5. The lowest BCUT2D eigenvalue weighted by atomic mass is 10.1. The number of hydrogen-bond donors (Lipinski definition) is 0. The first-order valence-corrected chi connectivity index (χ1v) is 7.47. The molecule has 3 rings (SSSR count). The summed E-state index contributed by atoms with van der Waals surface area (Å²) in [6, 6.07) is 15.1. The molecule has 1 aromatic heterocycles. The van der Waals surface area contributed by atoms with Crippen LogP contribution in [0.1, 0.15) is 29.1 Å². The molecule has 0 N–H and O–H groups in total. The predicted molar refractivity (Wildman–Crippen MR) is 89.8 cm³/mol. The van der Waals surface area contributed by atoms with Gasteiger partial charge in [0.25, 0.3) is 11.6 Å². The van der Waals surface area contributed by atoms with Crippen LogP contribution in [0.3, 0.4) is 0 Å². The zero-order valence-corrected chi connectivity index (χ0v) is 13.3. The van der Waals surface area contributed by atoms with Crippen molar-refractivity contribution in [1.29, 1.82) is 0 Å². The van der Waals surface area contributed by atoms with E-state index in [-0.39, 0.29) is 23.4 Å². The molecule has 24 heavy (non-hydrogen) atoms. The molecule has 0 aliphatic rings. The summed E-state index contributed by atoms with van der Waals surface area (Å²) < 4.78 is 5.60. The third-order valence-electron chi connectivity index (χ3n) is 4.10. The van der Waals surface area contributed by atoms with Gasteiger partial charge in [0.1, 0.15) is 5.58 Å². The van der Waals surface area contributed by atoms with Gasteiger partial charge >= 0.3 is 0 Å². The summed E-state index contributed by atoms with van der Waals surface area (Å²) in [5.41, 5.74) is 1.34. The molecule has 0 radical (unpaired) electrons. The van der Waals surface area contributed by atoms with Gasteiger partial charge in [0.2, 0.25) is 0 Å². The quantitative estimate of drug-likeness (QED) is 0.533. The standard InChI is InChI=1S/C18H16N2O4/c1-12(13-7-5-8-15(10-13)20(22)23)19(2)18(21)17-11-14-6-3-4-9-16(14)24-17/h3-12H,1-2H3/t12-/m1/s1. The van der Waals surface area contributed by atoms with Crippen molar-refractivity contribution in [1.82, 2.24) is 4.90 Å². The molecule has 122 valence electrons. The molecule has 0 fully saturated rings. The molecule has 0 saturated heterocycles. The fraction of sp³-hybridized carbons (Fsp3) is 0.167. The van der Waals surface area contributed by atoms with Gasteiger partial charge in [0.15, 0.2) is 5.76 Å². The lowest BCUT2D eigenvalue weighted by Crippen LogP contribution is -2.29. The minimum absolute atomic E-state index is 0.00364. The van der Waals surface area contributed by atoms with E-state index in [1.54, 1.807) is 31.3 Å². The summed E-state index contributed by atoms with van der Waals surface area (Å²) in [7, 11) is 1.65. The summed E-state index contributed by atoms with van der Waals surface area (Å²) in [5, 5.41) is 11.8. The molecule has 0 aliphatic carbocycles. The number of furan rings is 1. The molecule has 0 spiro atoms. The van der Waals surface area contributed by atoms with Crippen LogP contribution in [0.4, 0.5) is 5.69 Å². The Kier molecular flexibility index (Phi) is 4.04. The third-order valence-corrected chi connectivity index (χ3v) is 4.10. The van der Waals surface area contributed by atoms with Gasteiger partial charge < -0.3 is 9.32 Å². The second-order valence-electron chi connectivity index (χ2n) is 5.59. The van der Waals surface area contributed by atoms with Gasteiger partial charge in [-0.05, 0) is 24.6 Å². The summed E-state index contributed by atoms with van der Waals surface area (Å²) in [6.07, 6.45) is 0. The summed E-state index contributed by atoms with van der Waals surface area (Å²) >= 11 is 0. The van der Waals surface area contributed by atoms with Crippen LogP contribution >= 0.6 is 0 Å². The summed E-state index contributed by atoms with van der Waals surface area (Å²) in [6.45, 7) is 1.82. The number of carbonyl (C=O) groups excluding carboxylic acids is 1. The van der Waals surface area contributed by atoms with Gasteiger partial charge in [-0.3, -0.25) is 14.9 Å². The first-order valence-electron chi connectivity index (χ1n) is 7.47. The van der Waals surface area contributed by atoms with Gasteiger partial charge in [-0.25, -0.2) is 0 Å². The van der Waals surface area contributed by atoms with E-state index in [0.29, 0.717) is 11.1 Å². The number of non-ortho nitro benzene ring substituents is 1. The largest absolute Gasteiger partial charge is 0.451 e. The van der Waals surface area contributed by atoms with E-state index < -0.39 is 4.92 Å². The summed E-state index contributed by atoms with van der Waals surface area (Å²) in [5.74, 6) is -0.0267. The molecule has 1 heterocycles. The number of nitro benzene ring substituents is 1. The number of amides is 1. The maximum absolute atomic E-state index is 12.6. The topological polar surface area (TPSA) is 76.6 Å². The van der Waals surface area contributed by atoms with Gasteiger partial charge in [0.05, 0.1) is 11.0 Å². The highest BCUT2D eigenvalue weighted by atomic mass is 16.6. The molecule has 0 saturated carbocycles. The van der Waals surface area contributed by atoms with Crippen LogP contribution in [-0.4, -0.2) is 22.8 Å². The lowest BCUT2D eigenvalue weighted by Gasteiger charge is -2.24. The van der Waals surface area contributed by atoms with E-state index in [9.17, 15) is 14.9 Å². The number of para-hydroxylation sites is 1. The molecule has 6 nitrogen and oxygen atoms in total. The Labute approximate surface area is 138 Å². The maximum atomic E-state index is 12.6. The van der Waals surface area contributed by atoms with Crippen molar-refractivity contribution in [2.45, 2.75) is 13.0 Å². The highest BCUT2D eigenvalue weighted by molar-refractivity contribution is 5.96. The van der Waals surface area contributed by atoms with Crippen LogP contribution < -0.4 is 0 Å². The lowest BCUT2D eigenvalue weighted by molar-refractivity contribution is -0.384. The Morgan fingerprint density at radius 1 is 1.17 bits per heavy atom. The van der Waals surface area contributed by atoms with Crippen molar-refractivity contribution < 1.29 is 14.1 Å². The van der Waals surface area contributed by atoms with Crippen molar-refractivity contribution in [2.75, 3.05) is 7.05 Å². The van der Waals surface area contributed by atoms with Gasteiger partial charge in [-0.15, -0.1) is 0 Å². The second kappa shape index (κ2) is 6.16. The van der Waals surface area contributed by atoms with Gasteiger partial charge in [0, 0.05) is 24.6 Å². The highest BCUT2D eigenvalue weighted by Gasteiger charge is 2.23.